The summed E-state index contributed by atoms with van der Waals surface area (Å²) in [5.74, 6) is 0.0899. The van der Waals surface area contributed by atoms with Crippen LogP contribution in [-0.4, -0.2) is 20.9 Å². The van der Waals surface area contributed by atoms with E-state index in [9.17, 15) is 9.90 Å². The molecule has 1 heterocycles. The fourth-order valence-electron chi connectivity index (χ4n) is 3.57. The lowest BCUT2D eigenvalue weighted by Crippen LogP contribution is -2.38. The Hall–Kier alpha value is -1.32. The summed E-state index contributed by atoms with van der Waals surface area (Å²) in [6.07, 6.45) is 6.76. The quantitative estimate of drug-likeness (QED) is 0.898. The van der Waals surface area contributed by atoms with E-state index in [1.807, 2.05) is 24.7 Å². The summed E-state index contributed by atoms with van der Waals surface area (Å²) >= 11 is 0. The first-order valence-corrected chi connectivity index (χ1v) is 7.70. The predicted octanol–water partition coefficient (Wildman–Crippen LogP) is 3.33. The van der Waals surface area contributed by atoms with E-state index in [0.717, 1.165) is 43.0 Å². The number of nitrogens with zero attached hydrogens (tertiary/aromatic N) is 2. The van der Waals surface area contributed by atoms with E-state index in [1.54, 1.807) is 0 Å². The topological polar surface area (TPSA) is 55.1 Å². The van der Waals surface area contributed by atoms with E-state index >= 15 is 0 Å². The molecule has 1 fully saturated rings. The molecule has 0 amide bonds. The first-order valence-electron chi connectivity index (χ1n) is 7.70. The number of hydrogen-bond donors (Lipinski definition) is 1. The number of aromatic nitrogens is 2. The Morgan fingerprint density at radius 2 is 2.15 bits per heavy atom. The maximum Gasteiger partial charge on any atom is 0.310 e. The predicted molar refractivity (Wildman–Crippen MR) is 78.6 cm³/mol. The molecule has 1 N–H and O–H groups in total. The van der Waals surface area contributed by atoms with Crippen LogP contribution in [0.15, 0.2) is 6.07 Å². The molecular formula is C16H26N2O2. The van der Waals surface area contributed by atoms with Gasteiger partial charge in [-0.3, -0.25) is 9.48 Å². The minimum atomic E-state index is -0.633. The lowest BCUT2D eigenvalue weighted by Gasteiger charge is -2.36. The van der Waals surface area contributed by atoms with Crippen molar-refractivity contribution in [2.24, 2.45) is 18.4 Å². The van der Waals surface area contributed by atoms with Crippen LogP contribution in [0.25, 0.3) is 0 Å². The molecule has 0 unspecified atom stereocenters. The molecule has 0 aromatic carbocycles. The Balaban J connectivity index is 2.12. The Labute approximate surface area is 121 Å². The van der Waals surface area contributed by atoms with E-state index in [-0.39, 0.29) is 0 Å². The molecule has 1 aromatic heterocycles. The fourth-order valence-corrected chi connectivity index (χ4v) is 3.57. The zero-order valence-corrected chi connectivity index (χ0v) is 12.9. The van der Waals surface area contributed by atoms with Crippen LogP contribution in [-0.2, 0) is 18.3 Å². The third-order valence-corrected chi connectivity index (χ3v) is 4.83. The summed E-state index contributed by atoms with van der Waals surface area (Å²) < 4.78 is 1.83. The summed E-state index contributed by atoms with van der Waals surface area (Å²) in [5.41, 5.74) is 1.42. The molecule has 0 atom stereocenters. The van der Waals surface area contributed by atoms with Crippen LogP contribution in [0.3, 0.4) is 0 Å². The standard InChI is InChI=1S/C16H26N2O2/c1-4-5-13-6-8-16(9-7-13,15(19)20)11-14-10-12(2)17-18(14)3/h10,13H,4-9,11H2,1-3H3,(H,19,20). The third-order valence-electron chi connectivity index (χ3n) is 4.83. The number of aliphatic carboxylic acids is 1. The highest BCUT2D eigenvalue weighted by molar-refractivity contribution is 5.75. The summed E-state index contributed by atoms with van der Waals surface area (Å²) in [7, 11) is 1.90. The molecule has 0 spiro atoms. The van der Waals surface area contributed by atoms with Crippen LogP contribution in [0.4, 0.5) is 0 Å². The Morgan fingerprint density at radius 3 is 2.60 bits per heavy atom. The van der Waals surface area contributed by atoms with Crippen molar-refractivity contribution in [3.63, 3.8) is 0 Å². The SMILES string of the molecule is CCCC1CCC(Cc2cc(C)nn2C)(C(=O)O)CC1. The van der Waals surface area contributed by atoms with Gasteiger partial charge < -0.3 is 5.11 Å². The van der Waals surface area contributed by atoms with E-state index in [0.29, 0.717) is 6.42 Å². The number of carbonyl (C=O) groups is 1. The van der Waals surface area contributed by atoms with Gasteiger partial charge in [0.1, 0.15) is 0 Å². The van der Waals surface area contributed by atoms with E-state index in [1.165, 1.54) is 12.8 Å². The van der Waals surface area contributed by atoms with Gasteiger partial charge in [-0.2, -0.15) is 5.10 Å². The third kappa shape index (κ3) is 3.05. The van der Waals surface area contributed by atoms with Gasteiger partial charge >= 0.3 is 5.97 Å². The molecule has 0 bridgehead atoms. The molecule has 0 radical (unpaired) electrons. The Morgan fingerprint density at radius 1 is 1.50 bits per heavy atom. The minimum Gasteiger partial charge on any atom is -0.481 e. The van der Waals surface area contributed by atoms with Crippen molar-refractivity contribution < 1.29 is 9.90 Å². The number of aryl methyl sites for hydroxylation is 2. The monoisotopic (exact) mass is 278 g/mol. The van der Waals surface area contributed by atoms with E-state index in [4.69, 9.17) is 0 Å². The normalized spacial score (nSPS) is 26.6. The first kappa shape index (κ1) is 15.1. The van der Waals surface area contributed by atoms with Crippen molar-refractivity contribution in [3.05, 3.63) is 17.5 Å². The smallest absolute Gasteiger partial charge is 0.310 e. The van der Waals surface area contributed by atoms with Crippen LogP contribution in [0, 0.1) is 18.3 Å². The number of rotatable bonds is 5. The van der Waals surface area contributed by atoms with Crippen molar-refractivity contribution in [1.29, 1.82) is 0 Å². The van der Waals surface area contributed by atoms with Crippen molar-refractivity contribution >= 4 is 5.97 Å². The number of carboxylic acids is 1. The molecule has 4 heteroatoms. The zero-order valence-electron chi connectivity index (χ0n) is 12.9. The number of carboxylic acid groups (broad SMARTS) is 1. The summed E-state index contributed by atoms with van der Waals surface area (Å²) in [5, 5.41) is 14.1. The van der Waals surface area contributed by atoms with Crippen LogP contribution in [0.2, 0.25) is 0 Å². The first-order chi connectivity index (χ1) is 9.47. The number of hydrogen-bond acceptors (Lipinski definition) is 2. The van der Waals surface area contributed by atoms with Gasteiger partial charge in [-0.15, -0.1) is 0 Å². The second-order valence-electron chi connectivity index (χ2n) is 6.39. The van der Waals surface area contributed by atoms with Gasteiger partial charge in [0.05, 0.1) is 11.1 Å². The van der Waals surface area contributed by atoms with Gasteiger partial charge in [-0.05, 0) is 44.6 Å². The molecule has 112 valence electrons. The summed E-state index contributed by atoms with van der Waals surface area (Å²) in [6, 6.07) is 2.02. The highest BCUT2D eigenvalue weighted by Gasteiger charge is 2.42. The molecule has 0 saturated heterocycles. The summed E-state index contributed by atoms with van der Waals surface area (Å²) in [4.78, 5) is 11.8. The van der Waals surface area contributed by atoms with Crippen molar-refractivity contribution in [2.75, 3.05) is 0 Å². The van der Waals surface area contributed by atoms with Crippen molar-refractivity contribution in [1.82, 2.24) is 9.78 Å². The fraction of sp³-hybridized carbons (Fsp3) is 0.750. The molecule has 20 heavy (non-hydrogen) atoms. The van der Waals surface area contributed by atoms with Crippen LogP contribution in [0.5, 0.6) is 0 Å². The zero-order chi connectivity index (χ0) is 14.8. The molecule has 0 aliphatic heterocycles. The maximum atomic E-state index is 11.8. The lowest BCUT2D eigenvalue weighted by atomic mass is 9.67. The molecule has 2 rings (SSSR count). The maximum absolute atomic E-state index is 11.8. The van der Waals surface area contributed by atoms with Gasteiger partial charge in [-0.25, -0.2) is 0 Å². The van der Waals surface area contributed by atoms with Gasteiger partial charge in [0.25, 0.3) is 0 Å². The van der Waals surface area contributed by atoms with Gasteiger partial charge in [-0.1, -0.05) is 19.8 Å². The Bertz CT molecular complexity index is 471. The van der Waals surface area contributed by atoms with E-state index < -0.39 is 11.4 Å². The average Bonchev–Trinajstić information content (AvgIpc) is 2.70. The highest BCUT2D eigenvalue weighted by atomic mass is 16.4. The lowest BCUT2D eigenvalue weighted by molar-refractivity contribution is -0.151. The largest absolute Gasteiger partial charge is 0.481 e. The Kier molecular flexibility index (Phi) is 4.51. The molecule has 4 nitrogen and oxygen atoms in total. The van der Waals surface area contributed by atoms with Gasteiger partial charge in [0.15, 0.2) is 0 Å². The van der Waals surface area contributed by atoms with Crippen LogP contribution < -0.4 is 0 Å². The molecular weight excluding hydrogens is 252 g/mol. The molecule has 1 aliphatic rings. The minimum absolute atomic E-state index is 0.579. The average molecular weight is 278 g/mol. The highest BCUT2D eigenvalue weighted by Crippen LogP contribution is 2.43. The second-order valence-corrected chi connectivity index (χ2v) is 6.39. The molecule has 1 aliphatic carbocycles. The van der Waals surface area contributed by atoms with Gasteiger partial charge in [0.2, 0.25) is 0 Å². The van der Waals surface area contributed by atoms with Crippen molar-refractivity contribution in [2.45, 2.75) is 58.8 Å². The van der Waals surface area contributed by atoms with Gasteiger partial charge in [0, 0.05) is 19.2 Å². The summed E-state index contributed by atoms with van der Waals surface area (Å²) in [6.45, 7) is 4.16. The van der Waals surface area contributed by atoms with Crippen LogP contribution >= 0.6 is 0 Å². The molecule has 1 aromatic rings. The van der Waals surface area contributed by atoms with E-state index in [2.05, 4.69) is 12.0 Å². The van der Waals surface area contributed by atoms with Crippen LogP contribution in [0.1, 0.15) is 56.8 Å². The molecule has 1 saturated carbocycles. The second kappa shape index (κ2) is 5.98. The van der Waals surface area contributed by atoms with Crippen molar-refractivity contribution in [3.8, 4) is 0 Å².